The summed E-state index contributed by atoms with van der Waals surface area (Å²) < 4.78 is 93.4. The van der Waals surface area contributed by atoms with Gasteiger partial charge in [0.05, 0.1) is 20.1 Å². The fourth-order valence-electron chi connectivity index (χ4n) is 2.44. The molecule has 178 valence electrons. The van der Waals surface area contributed by atoms with Crippen molar-refractivity contribution in [1.29, 1.82) is 0 Å². The van der Waals surface area contributed by atoms with Gasteiger partial charge in [0.1, 0.15) is 24.8 Å². The van der Waals surface area contributed by atoms with Crippen molar-refractivity contribution in [2.45, 2.75) is 19.3 Å². The van der Waals surface area contributed by atoms with E-state index >= 15 is 0 Å². The van der Waals surface area contributed by atoms with Crippen LogP contribution in [0.5, 0.6) is 0 Å². The monoisotopic (exact) mass is 496 g/mol. The summed E-state index contributed by atoms with van der Waals surface area (Å²) in [7, 11) is 0. The molecule has 2 aromatic rings. The van der Waals surface area contributed by atoms with E-state index in [-0.39, 0.29) is 11.5 Å². The average Bonchev–Trinajstić information content (AvgIpc) is 2.86. The Bertz CT molecular complexity index is 1240. The second kappa shape index (κ2) is 11.5. The molecular formula is C19H18ClF4N5O4. The van der Waals surface area contributed by atoms with E-state index in [4.69, 9.17) is 23.2 Å². The van der Waals surface area contributed by atoms with Crippen molar-refractivity contribution in [3.63, 3.8) is 0 Å². The number of aromatic nitrogens is 2. The first-order valence-corrected chi connectivity index (χ1v) is 9.14. The predicted molar refractivity (Wildman–Crippen MR) is 109 cm³/mol. The molecule has 0 aliphatic carbocycles. The van der Waals surface area contributed by atoms with E-state index in [1.807, 2.05) is 0 Å². The van der Waals surface area contributed by atoms with Crippen LogP contribution in [-0.4, -0.2) is 52.9 Å². The van der Waals surface area contributed by atoms with Gasteiger partial charge < -0.3 is 10.1 Å². The minimum Gasteiger partial charge on any atom is -0.370 e. The van der Waals surface area contributed by atoms with Gasteiger partial charge in [0, 0.05) is 21.7 Å². The first-order chi connectivity index (χ1) is 17.7. The molecule has 1 aliphatic rings. The second-order valence-electron chi connectivity index (χ2n) is 6.24. The van der Waals surface area contributed by atoms with Gasteiger partial charge in [0.25, 0.3) is 5.91 Å². The Balaban J connectivity index is 0.000000926. The SMILES string of the molecule is CC(=O)OF.[2H]c1nc(C(=O)Nc2cccc(C3(CF)COCC(N(F)F)=N3)n2)c(C([2H])([2H])[2H])c([2H])c1Cl. The Morgan fingerprint density at radius 3 is 2.79 bits per heavy atom. The standard InChI is InChI=1S/C17H15ClF3N5O2.C2H3FO2/c1-10-5-11(18)6-22-15(10)16(27)24-13-4-2-3-12(23-13)17(8-19)9-28-7-14(25-17)26(20)21;1-2(4)5-3/h2-6H,7-9H2,1H3,(H,23,24,27);1H3/i1D3,5D,6D;. The topological polar surface area (TPSA) is 106 Å². The van der Waals surface area contributed by atoms with Crippen LogP contribution in [0.3, 0.4) is 0 Å². The second-order valence-corrected chi connectivity index (χ2v) is 6.61. The summed E-state index contributed by atoms with van der Waals surface area (Å²) in [5.41, 5.74) is -3.54. The van der Waals surface area contributed by atoms with Crippen LogP contribution in [0.15, 0.2) is 35.4 Å². The number of anilines is 1. The quantitative estimate of drug-likeness (QED) is 0.507. The molecule has 2 aromatic heterocycles. The third kappa shape index (κ3) is 6.83. The first-order valence-electron chi connectivity index (χ1n) is 11.3. The lowest BCUT2D eigenvalue weighted by Crippen LogP contribution is -2.42. The molecule has 3 heterocycles. The Kier molecular flexibility index (Phi) is 6.69. The Labute approximate surface area is 197 Å². The molecule has 1 atom stereocenters. The molecule has 14 heteroatoms. The van der Waals surface area contributed by atoms with Crippen molar-refractivity contribution < 1.29 is 44.0 Å². The number of nitrogens with zero attached hydrogens (tertiary/aromatic N) is 4. The number of carbonyl (C=O) groups is 2. The zero-order chi connectivity index (χ0) is 28.8. The Morgan fingerprint density at radius 2 is 2.18 bits per heavy atom. The molecule has 0 spiro atoms. The number of hydrogen-bond donors (Lipinski definition) is 1. The number of alkyl halides is 1. The van der Waals surface area contributed by atoms with Gasteiger partial charge in [0.15, 0.2) is 11.4 Å². The fraction of sp³-hybridized carbons (Fsp3) is 0.316. The molecule has 1 aliphatic heterocycles. The number of amides is 1. The van der Waals surface area contributed by atoms with Gasteiger partial charge in [-0.2, -0.15) is 0 Å². The zero-order valence-corrected chi connectivity index (χ0v) is 17.4. The lowest BCUT2D eigenvalue weighted by Gasteiger charge is -2.31. The maximum atomic E-state index is 13.9. The summed E-state index contributed by atoms with van der Waals surface area (Å²) in [6.07, 6.45) is -0.680. The maximum absolute atomic E-state index is 13.9. The van der Waals surface area contributed by atoms with Crippen molar-refractivity contribution in [1.82, 2.24) is 15.3 Å². The van der Waals surface area contributed by atoms with E-state index < -0.39 is 83.8 Å². The van der Waals surface area contributed by atoms with E-state index in [0.29, 0.717) is 0 Å². The lowest BCUT2D eigenvalue weighted by molar-refractivity contribution is -0.180. The molecule has 33 heavy (non-hydrogen) atoms. The summed E-state index contributed by atoms with van der Waals surface area (Å²) in [5, 5.41) is 0.421. The van der Waals surface area contributed by atoms with Crippen LogP contribution >= 0.6 is 11.6 Å². The largest absolute Gasteiger partial charge is 0.370 e. The van der Waals surface area contributed by atoms with Gasteiger partial charge >= 0.3 is 5.97 Å². The van der Waals surface area contributed by atoms with Crippen molar-refractivity contribution in [2.24, 2.45) is 4.99 Å². The van der Waals surface area contributed by atoms with E-state index in [1.165, 1.54) is 18.2 Å². The van der Waals surface area contributed by atoms with Crippen LogP contribution in [0.4, 0.5) is 23.7 Å². The summed E-state index contributed by atoms with van der Waals surface area (Å²) in [6.45, 7) is -4.12. The molecule has 1 unspecified atom stereocenters. The number of ether oxygens (including phenoxy) is 1. The Morgan fingerprint density at radius 1 is 1.45 bits per heavy atom. The highest BCUT2D eigenvalue weighted by Crippen LogP contribution is 2.30. The van der Waals surface area contributed by atoms with Crippen LogP contribution in [0.1, 0.15) is 35.5 Å². The normalized spacial score (nSPS) is 19.8. The molecule has 0 radical (unpaired) electrons. The highest BCUT2D eigenvalue weighted by atomic mass is 35.5. The molecule has 3 rings (SSSR count). The lowest BCUT2D eigenvalue weighted by atomic mass is 9.97. The molecule has 1 N–H and O–H groups in total. The number of pyridine rings is 2. The summed E-state index contributed by atoms with van der Waals surface area (Å²) in [6, 6.07) is 3.16. The van der Waals surface area contributed by atoms with Crippen molar-refractivity contribution in [2.75, 3.05) is 25.2 Å². The molecule has 0 aromatic carbocycles. The van der Waals surface area contributed by atoms with Crippen LogP contribution in [0, 0.1) is 6.85 Å². The number of amidine groups is 1. The van der Waals surface area contributed by atoms with E-state index in [0.717, 1.165) is 6.92 Å². The molecule has 0 bridgehead atoms. The van der Waals surface area contributed by atoms with E-state index in [1.54, 1.807) is 0 Å². The first kappa shape index (κ1) is 19.2. The van der Waals surface area contributed by atoms with Gasteiger partial charge in [0.2, 0.25) is 0 Å². The van der Waals surface area contributed by atoms with Gasteiger partial charge in [-0.05, 0) is 35.9 Å². The minimum atomic E-state index is -2.95. The molecule has 0 fully saturated rings. The molecule has 9 nitrogen and oxygen atoms in total. The number of nitrogens with one attached hydrogen (secondary N) is 1. The van der Waals surface area contributed by atoms with Crippen LogP contribution in [-0.2, 0) is 20.0 Å². The number of carbonyl (C=O) groups excluding carboxylic acids is 2. The summed E-state index contributed by atoms with van der Waals surface area (Å²) in [5.74, 6) is -3.06. The third-order valence-corrected chi connectivity index (χ3v) is 4.04. The maximum Gasteiger partial charge on any atom is 0.345 e. The predicted octanol–water partition coefficient (Wildman–Crippen LogP) is 3.79. The molecule has 0 saturated heterocycles. The number of halogens is 5. The van der Waals surface area contributed by atoms with Crippen LogP contribution < -0.4 is 5.32 Å². The van der Waals surface area contributed by atoms with Crippen molar-refractivity contribution >= 4 is 35.1 Å². The van der Waals surface area contributed by atoms with Crippen LogP contribution in [0.25, 0.3) is 0 Å². The van der Waals surface area contributed by atoms with Gasteiger partial charge in [-0.25, -0.2) is 24.1 Å². The number of hydrogen-bond acceptors (Lipinski definition) is 8. The van der Waals surface area contributed by atoms with Gasteiger partial charge in [-0.3, -0.25) is 9.74 Å². The third-order valence-electron chi connectivity index (χ3n) is 3.86. The highest BCUT2D eigenvalue weighted by molar-refractivity contribution is 6.30. The van der Waals surface area contributed by atoms with E-state index in [9.17, 15) is 27.5 Å². The minimum absolute atomic E-state index is 0.135. The average molecular weight is 497 g/mol. The van der Waals surface area contributed by atoms with Crippen LogP contribution in [0.2, 0.25) is 5.02 Å². The Hall–Kier alpha value is -3.32. The highest BCUT2D eigenvalue weighted by Gasteiger charge is 2.39. The number of aliphatic imine (C=N–C) groups is 1. The van der Waals surface area contributed by atoms with E-state index in [2.05, 4.69) is 25.2 Å². The summed E-state index contributed by atoms with van der Waals surface area (Å²) in [4.78, 5) is 36.0. The number of rotatable bonds is 4. The van der Waals surface area contributed by atoms with Crippen molar-refractivity contribution in [3.05, 3.63) is 52.4 Å². The fourth-order valence-corrected chi connectivity index (χ4v) is 2.58. The molecular weight excluding hydrogens is 474 g/mol. The molecule has 0 saturated carbocycles. The smallest absolute Gasteiger partial charge is 0.345 e. The van der Waals surface area contributed by atoms with Crippen molar-refractivity contribution in [3.8, 4) is 0 Å². The zero-order valence-electron chi connectivity index (χ0n) is 21.7. The van der Waals surface area contributed by atoms with Gasteiger partial charge in [-0.15, -0.1) is 0 Å². The molecule has 1 amide bonds. The summed E-state index contributed by atoms with van der Waals surface area (Å²) >= 11 is 5.75. The van der Waals surface area contributed by atoms with Gasteiger partial charge in [-0.1, -0.05) is 26.6 Å².